The molecular weight excluding hydrogens is 198 g/mol. The molecule has 2 heteroatoms. The van der Waals surface area contributed by atoms with Gasteiger partial charge < -0.3 is 10.1 Å². The Hall–Kier alpha value is -0.0800. The second kappa shape index (κ2) is 6.61. The summed E-state index contributed by atoms with van der Waals surface area (Å²) in [5.41, 5.74) is 0. The van der Waals surface area contributed by atoms with Gasteiger partial charge in [0, 0.05) is 12.6 Å². The quantitative estimate of drug-likeness (QED) is 0.776. The van der Waals surface area contributed by atoms with Crippen LogP contribution in [0.1, 0.15) is 58.3 Å². The molecule has 0 aromatic carbocycles. The molecule has 16 heavy (non-hydrogen) atoms. The first-order valence-corrected chi connectivity index (χ1v) is 7.23. The van der Waals surface area contributed by atoms with Gasteiger partial charge in [-0.05, 0) is 57.4 Å². The SMILES string of the molecule is CCC1CCC(NCCC2CCCCO2)C1. The zero-order valence-electron chi connectivity index (χ0n) is 10.7. The molecule has 2 aliphatic rings. The van der Waals surface area contributed by atoms with Crippen LogP contribution in [0, 0.1) is 5.92 Å². The fourth-order valence-corrected chi connectivity index (χ4v) is 3.11. The van der Waals surface area contributed by atoms with Crippen LogP contribution in [0.4, 0.5) is 0 Å². The van der Waals surface area contributed by atoms with Crippen molar-refractivity contribution in [1.29, 1.82) is 0 Å². The number of hydrogen-bond acceptors (Lipinski definition) is 2. The van der Waals surface area contributed by atoms with Gasteiger partial charge in [0.15, 0.2) is 0 Å². The molecule has 0 spiro atoms. The predicted octanol–water partition coefficient (Wildman–Crippen LogP) is 3.11. The van der Waals surface area contributed by atoms with Crippen LogP contribution in [0.2, 0.25) is 0 Å². The van der Waals surface area contributed by atoms with Gasteiger partial charge in [0.25, 0.3) is 0 Å². The van der Waals surface area contributed by atoms with Crippen LogP contribution < -0.4 is 5.32 Å². The van der Waals surface area contributed by atoms with Crippen LogP contribution in [-0.4, -0.2) is 25.3 Å². The lowest BCUT2D eigenvalue weighted by Crippen LogP contribution is -2.31. The van der Waals surface area contributed by atoms with Gasteiger partial charge in [0.2, 0.25) is 0 Å². The van der Waals surface area contributed by atoms with Crippen LogP contribution in [0.25, 0.3) is 0 Å². The van der Waals surface area contributed by atoms with Gasteiger partial charge in [-0.25, -0.2) is 0 Å². The summed E-state index contributed by atoms with van der Waals surface area (Å²) in [5.74, 6) is 0.989. The maximum atomic E-state index is 5.74. The van der Waals surface area contributed by atoms with Gasteiger partial charge >= 0.3 is 0 Å². The van der Waals surface area contributed by atoms with Crippen LogP contribution in [0.3, 0.4) is 0 Å². The number of rotatable bonds is 5. The van der Waals surface area contributed by atoms with E-state index < -0.39 is 0 Å². The van der Waals surface area contributed by atoms with Gasteiger partial charge in [0.05, 0.1) is 6.10 Å². The molecule has 0 radical (unpaired) electrons. The highest BCUT2D eigenvalue weighted by atomic mass is 16.5. The summed E-state index contributed by atoms with van der Waals surface area (Å²) in [6.45, 7) is 4.47. The third kappa shape index (κ3) is 3.74. The molecular formula is C14H27NO. The van der Waals surface area contributed by atoms with Gasteiger partial charge in [-0.2, -0.15) is 0 Å². The highest BCUT2D eigenvalue weighted by molar-refractivity contribution is 4.80. The summed E-state index contributed by atoms with van der Waals surface area (Å²) in [6, 6.07) is 0.800. The molecule has 0 aromatic heterocycles. The summed E-state index contributed by atoms with van der Waals surface area (Å²) < 4.78 is 5.74. The fourth-order valence-electron chi connectivity index (χ4n) is 3.11. The van der Waals surface area contributed by atoms with Crippen molar-refractivity contribution >= 4 is 0 Å². The van der Waals surface area contributed by atoms with Gasteiger partial charge in [-0.15, -0.1) is 0 Å². The zero-order chi connectivity index (χ0) is 11.2. The minimum Gasteiger partial charge on any atom is -0.378 e. The van der Waals surface area contributed by atoms with Crippen molar-refractivity contribution in [3.63, 3.8) is 0 Å². The molecule has 1 aliphatic carbocycles. The van der Waals surface area contributed by atoms with E-state index in [2.05, 4.69) is 12.2 Å². The molecule has 2 rings (SSSR count). The van der Waals surface area contributed by atoms with E-state index in [4.69, 9.17) is 4.74 Å². The van der Waals surface area contributed by atoms with Crippen molar-refractivity contribution in [2.45, 2.75) is 70.4 Å². The first-order chi connectivity index (χ1) is 7.88. The van der Waals surface area contributed by atoms with Crippen molar-refractivity contribution in [3.8, 4) is 0 Å². The molecule has 2 nitrogen and oxygen atoms in total. The molecule has 1 N–H and O–H groups in total. The second-order valence-corrected chi connectivity index (χ2v) is 5.52. The maximum Gasteiger partial charge on any atom is 0.0587 e. The molecule has 0 bridgehead atoms. The van der Waals surface area contributed by atoms with Crippen LogP contribution >= 0.6 is 0 Å². The number of nitrogens with one attached hydrogen (secondary N) is 1. The Morgan fingerprint density at radius 2 is 2.12 bits per heavy atom. The zero-order valence-corrected chi connectivity index (χ0v) is 10.7. The summed E-state index contributed by atoms with van der Waals surface area (Å²) in [5, 5.41) is 3.71. The van der Waals surface area contributed by atoms with Crippen LogP contribution in [-0.2, 0) is 4.74 Å². The van der Waals surface area contributed by atoms with Gasteiger partial charge in [-0.1, -0.05) is 13.3 Å². The van der Waals surface area contributed by atoms with Gasteiger partial charge in [0.1, 0.15) is 0 Å². The highest BCUT2D eigenvalue weighted by Crippen LogP contribution is 2.27. The second-order valence-electron chi connectivity index (χ2n) is 5.52. The summed E-state index contributed by atoms with van der Waals surface area (Å²) >= 11 is 0. The molecule has 1 saturated carbocycles. The molecule has 1 heterocycles. The van der Waals surface area contributed by atoms with Gasteiger partial charge in [-0.3, -0.25) is 0 Å². The fraction of sp³-hybridized carbons (Fsp3) is 1.00. The first kappa shape index (κ1) is 12.4. The number of ether oxygens (including phenoxy) is 1. The number of hydrogen-bond donors (Lipinski definition) is 1. The molecule has 1 aliphatic heterocycles. The van der Waals surface area contributed by atoms with Crippen molar-refractivity contribution < 1.29 is 4.74 Å². The van der Waals surface area contributed by atoms with E-state index in [9.17, 15) is 0 Å². The van der Waals surface area contributed by atoms with Crippen molar-refractivity contribution in [2.75, 3.05) is 13.2 Å². The normalized spacial score (nSPS) is 35.4. The summed E-state index contributed by atoms with van der Waals surface area (Å²) in [6.07, 6.45) is 11.3. The minimum atomic E-state index is 0.546. The Morgan fingerprint density at radius 1 is 1.19 bits per heavy atom. The van der Waals surface area contributed by atoms with E-state index in [0.29, 0.717) is 6.10 Å². The molecule has 2 fully saturated rings. The first-order valence-electron chi connectivity index (χ1n) is 7.23. The average molecular weight is 225 g/mol. The van der Waals surface area contributed by atoms with E-state index in [1.807, 2.05) is 0 Å². The molecule has 94 valence electrons. The van der Waals surface area contributed by atoms with E-state index in [1.165, 1.54) is 51.4 Å². The largest absolute Gasteiger partial charge is 0.378 e. The van der Waals surface area contributed by atoms with E-state index in [-0.39, 0.29) is 0 Å². The average Bonchev–Trinajstić information content (AvgIpc) is 2.78. The Kier molecular flexibility index (Phi) is 5.11. The molecule has 3 atom stereocenters. The van der Waals surface area contributed by atoms with Crippen LogP contribution in [0.15, 0.2) is 0 Å². The standard InChI is InChI=1S/C14H27NO/c1-2-12-6-7-13(11-12)15-9-8-14-5-3-4-10-16-14/h12-15H,2-11H2,1H3. The van der Waals surface area contributed by atoms with E-state index in [0.717, 1.165) is 25.1 Å². The lowest BCUT2D eigenvalue weighted by molar-refractivity contribution is 0.0112. The topological polar surface area (TPSA) is 21.3 Å². The monoisotopic (exact) mass is 225 g/mol. The third-order valence-corrected chi connectivity index (χ3v) is 4.29. The highest BCUT2D eigenvalue weighted by Gasteiger charge is 2.23. The summed E-state index contributed by atoms with van der Waals surface area (Å²) in [4.78, 5) is 0. The lowest BCUT2D eigenvalue weighted by Gasteiger charge is -2.23. The predicted molar refractivity (Wildman–Crippen MR) is 67.6 cm³/mol. The third-order valence-electron chi connectivity index (χ3n) is 4.29. The summed E-state index contributed by atoms with van der Waals surface area (Å²) in [7, 11) is 0. The van der Waals surface area contributed by atoms with E-state index >= 15 is 0 Å². The Morgan fingerprint density at radius 3 is 2.81 bits per heavy atom. The Balaban J connectivity index is 1.54. The Bertz CT molecular complexity index is 189. The molecule has 3 unspecified atom stereocenters. The Labute approximate surface area is 100 Å². The van der Waals surface area contributed by atoms with Crippen molar-refractivity contribution in [2.24, 2.45) is 5.92 Å². The molecule has 1 saturated heterocycles. The minimum absolute atomic E-state index is 0.546. The maximum absolute atomic E-state index is 5.74. The van der Waals surface area contributed by atoms with Crippen molar-refractivity contribution in [3.05, 3.63) is 0 Å². The lowest BCUT2D eigenvalue weighted by atomic mass is 10.0. The van der Waals surface area contributed by atoms with E-state index in [1.54, 1.807) is 0 Å². The van der Waals surface area contributed by atoms with Crippen LogP contribution in [0.5, 0.6) is 0 Å². The molecule has 0 aromatic rings. The smallest absolute Gasteiger partial charge is 0.0587 e. The molecule has 0 amide bonds. The van der Waals surface area contributed by atoms with Crippen molar-refractivity contribution in [1.82, 2.24) is 5.32 Å².